The van der Waals surface area contributed by atoms with Gasteiger partial charge in [0.1, 0.15) is 5.56 Å². The number of carbonyl (C=O) groups is 1. The Morgan fingerprint density at radius 2 is 1.78 bits per heavy atom. The maximum Gasteiger partial charge on any atom is 0.282 e. The highest BCUT2D eigenvalue weighted by molar-refractivity contribution is 7.89. The first-order valence-electron chi connectivity index (χ1n) is 11.9. The number of para-hydroxylation sites is 1. The highest BCUT2D eigenvalue weighted by atomic mass is 32.2. The molecule has 188 valence electrons. The molecule has 8 nitrogen and oxygen atoms in total. The SMILES string of the molecule is O=C(Nc1cccc2cc(S(=O)(=O)N3CCCC4CCCC3C4)ccc12)c1ccccc1[N+](=O)[O-].[CH2]. The van der Waals surface area contributed by atoms with Gasteiger partial charge < -0.3 is 5.32 Å². The standard InChI is InChI=1S/C26H27N3O5S.CH2/c30-26(23-10-1-2-12-25(23)29(31)32)27-24-11-4-8-19-17-21(13-14-22(19)24)35(33,34)28-15-5-7-18-6-3-9-20(28)16-18;/h1-2,4,8,10-14,17-18,20H,3,5-7,9,15-16H2,(H,27,30);1H2. The van der Waals surface area contributed by atoms with Crippen molar-refractivity contribution in [3.05, 3.63) is 83.8 Å². The van der Waals surface area contributed by atoms with Crippen LogP contribution in [0.15, 0.2) is 65.6 Å². The summed E-state index contributed by atoms with van der Waals surface area (Å²) < 4.78 is 29.0. The van der Waals surface area contributed by atoms with Gasteiger partial charge in [-0.05, 0) is 61.3 Å². The monoisotopic (exact) mass is 507 g/mol. The van der Waals surface area contributed by atoms with E-state index in [0.717, 1.165) is 32.1 Å². The zero-order valence-corrected chi connectivity index (χ0v) is 20.7. The maximum absolute atomic E-state index is 13.6. The Balaban J connectivity index is 0.00000304. The maximum atomic E-state index is 13.6. The van der Waals surface area contributed by atoms with Gasteiger partial charge in [-0.15, -0.1) is 0 Å². The van der Waals surface area contributed by atoms with Crippen LogP contribution in [0.25, 0.3) is 10.8 Å². The normalized spacial score (nSPS) is 20.2. The van der Waals surface area contributed by atoms with Gasteiger partial charge in [0.15, 0.2) is 0 Å². The Morgan fingerprint density at radius 3 is 2.58 bits per heavy atom. The van der Waals surface area contributed by atoms with Gasteiger partial charge in [-0.1, -0.05) is 50.6 Å². The Kier molecular flexibility index (Phi) is 7.42. The van der Waals surface area contributed by atoms with E-state index in [-0.39, 0.29) is 29.6 Å². The van der Waals surface area contributed by atoms with Gasteiger partial charge in [-0.3, -0.25) is 14.9 Å². The number of nitro benzene ring substituents is 1. The van der Waals surface area contributed by atoms with E-state index in [1.54, 1.807) is 46.8 Å². The smallest absolute Gasteiger partial charge is 0.282 e. The fourth-order valence-corrected chi connectivity index (χ4v) is 7.24. The lowest BCUT2D eigenvalue weighted by atomic mass is 9.84. The first kappa shape index (κ1) is 25.8. The van der Waals surface area contributed by atoms with E-state index in [0.29, 0.717) is 28.9 Å². The number of nitro groups is 1. The van der Waals surface area contributed by atoms with Crippen molar-refractivity contribution < 1.29 is 18.1 Å². The van der Waals surface area contributed by atoms with Crippen molar-refractivity contribution >= 4 is 38.1 Å². The molecule has 0 spiro atoms. The molecular weight excluding hydrogens is 478 g/mol. The molecule has 3 aromatic carbocycles. The molecule has 2 atom stereocenters. The van der Waals surface area contributed by atoms with Crippen LogP contribution in [0.1, 0.15) is 48.9 Å². The van der Waals surface area contributed by atoms with E-state index in [1.165, 1.54) is 24.6 Å². The number of benzene rings is 3. The number of rotatable bonds is 5. The Labute approximate surface area is 211 Å². The van der Waals surface area contributed by atoms with Gasteiger partial charge in [-0.2, -0.15) is 4.31 Å². The molecule has 1 saturated heterocycles. The number of hydrogen-bond acceptors (Lipinski definition) is 5. The van der Waals surface area contributed by atoms with E-state index in [1.807, 2.05) is 0 Å². The minimum Gasteiger partial charge on any atom is -0.321 e. The summed E-state index contributed by atoms with van der Waals surface area (Å²) in [7, 11) is -3.65. The Bertz CT molecular complexity index is 1410. The van der Waals surface area contributed by atoms with Crippen molar-refractivity contribution in [1.29, 1.82) is 0 Å². The van der Waals surface area contributed by atoms with Crippen LogP contribution in [0.4, 0.5) is 11.4 Å². The van der Waals surface area contributed by atoms with E-state index in [2.05, 4.69) is 5.32 Å². The van der Waals surface area contributed by atoms with Crippen molar-refractivity contribution in [1.82, 2.24) is 4.31 Å². The molecule has 3 aromatic rings. The summed E-state index contributed by atoms with van der Waals surface area (Å²) in [6, 6.07) is 16.0. The summed E-state index contributed by atoms with van der Waals surface area (Å²) in [6.45, 7) is 0.549. The fourth-order valence-electron chi connectivity index (χ4n) is 5.50. The number of carbonyl (C=O) groups excluding carboxylic acids is 1. The third-order valence-corrected chi connectivity index (χ3v) is 9.15. The summed E-state index contributed by atoms with van der Waals surface area (Å²) in [6.07, 6.45) is 6.08. The minimum atomic E-state index is -3.65. The number of nitrogens with zero attached hydrogens (tertiary/aromatic N) is 2. The zero-order chi connectivity index (χ0) is 24.6. The number of sulfonamides is 1. The third-order valence-electron chi connectivity index (χ3n) is 7.21. The first-order valence-corrected chi connectivity index (χ1v) is 13.4. The topological polar surface area (TPSA) is 110 Å². The molecule has 2 bridgehead atoms. The summed E-state index contributed by atoms with van der Waals surface area (Å²) in [5.74, 6) is 0.0232. The third kappa shape index (κ3) is 4.85. The van der Waals surface area contributed by atoms with Crippen LogP contribution in [-0.4, -0.2) is 36.1 Å². The van der Waals surface area contributed by atoms with Crippen molar-refractivity contribution in [2.75, 3.05) is 11.9 Å². The van der Waals surface area contributed by atoms with Gasteiger partial charge in [-0.25, -0.2) is 8.42 Å². The lowest BCUT2D eigenvalue weighted by Crippen LogP contribution is -2.41. The van der Waals surface area contributed by atoms with Crippen LogP contribution in [0.5, 0.6) is 0 Å². The van der Waals surface area contributed by atoms with E-state index < -0.39 is 20.9 Å². The van der Waals surface area contributed by atoms with Gasteiger partial charge in [0.2, 0.25) is 10.0 Å². The summed E-state index contributed by atoms with van der Waals surface area (Å²) in [4.78, 5) is 23.8. The van der Waals surface area contributed by atoms with E-state index in [4.69, 9.17) is 0 Å². The lowest BCUT2D eigenvalue weighted by molar-refractivity contribution is -0.385. The molecule has 2 fully saturated rings. The van der Waals surface area contributed by atoms with Crippen LogP contribution in [0.2, 0.25) is 0 Å². The molecule has 1 saturated carbocycles. The van der Waals surface area contributed by atoms with Crippen LogP contribution in [0.3, 0.4) is 0 Å². The molecule has 0 aromatic heterocycles. The predicted molar refractivity (Wildman–Crippen MR) is 139 cm³/mol. The van der Waals surface area contributed by atoms with Crippen LogP contribution in [0, 0.1) is 23.5 Å². The Morgan fingerprint density at radius 1 is 1.00 bits per heavy atom. The van der Waals surface area contributed by atoms with Gasteiger partial charge in [0.25, 0.3) is 11.6 Å². The average Bonchev–Trinajstić information content (AvgIpc) is 3.01. The zero-order valence-electron chi connectivity index (χ0n) is 19.9. The number of anilines is 1. The minimum absolute atomic E-state index is 0. The van der Waals surface area contributed by atoms with Crippen LogP contribution < -0.4 is 5.32 Å². The molecule has 9 heteroatoms. The molecule has 36 heavy (non-hydrogen) atoms. The highest BCUT2D eigenvalue weighted by Gasteiger charge is 2.36. The molecule has 5 rings (SSSR count). The first-order chi connectivity index (χ1) is 16.8. The summed E-state index contributed by atoms with van der Waals surface area (Å²) in [5.41, 5.74) is 0.140. The van der Waals surface area contributed by atoms with Crippen molar-refractivity contribution in [2.24, 2.45) is 5.92 Å². The quantitative estimate of drug-likeness (QED) is 0.353. The Hall–Kier alpha value is -3.30. The molecule has 1 aliphatic carbocycles. The number of amides is 1. The second-order valence-electron chi connectivity index (χ2n) is 9.36. The summed E-state index contributed by atoms with van der Waals surface area (Å²) >= 11 is 0. The molecule has 1 N–H and O–H groups in total. The number of nitrogens with one attached hydrogen (secondary N) is 1. The molecule has 2 aliphatic rings. The predicted octanol–water partition coefficient (Wildman–Crippen LogP) is 5.67. The number of fused-ring (bicyclic) bond motifs is 3. The van der Waals surface area contributed by atoms with E-state index >= 15 is 0 Å². The average molecular weight is 508 g/mol. The lowest BCUT2D eigenvalue weighted by Gasteiger charge is -2.33. The molecule has 2 radical (unpaired) electrons. The molecule has 2 unspecified atom stereocenters. The molecular formula is C27H29N3O5S. The van der Waals surface area contributed by atoms with Crippen LogP contribution >= 0.6 is 0 Å². The summed E-state index contributed by atoms with van der Waals surface area (Å²) in [5, 5.41) is 15.4. The van der Waals surface area contributed by atoms with Crippen molar-refractivity contribution in [3.8, 4) is 0 Å². The molecule has 1 heterocycles. The van der Waals surface area contributed by atoms with Crippen molar-refractivity contribution in [3.63, 3.8) is 0 Å². The molecule has 1 aliphatic heterocycles. The number of hydrogen-bond donors (Lipinski definition) is 1. The van der Waals surface area contributed by atoms with Crippen molar-refractivity contribution in [2.45, 2.75) is 49.5 Å². The van der Waals surface area contributed by atoms with Gasteiger partial charge in [0.05, 0.1) is 9.82 Å². The van der Waals surface area contributed by atoms with Gasteiger partial charge >= 0.3 is 0 Å². The fraction of sp³-hybridized carbons (Fsp3) is 0.333. The van der Waals surface area contributed by atoms with E-state index in [9.17, 15) is 23.3 Å². The van der Waals surface area contributed by atoms with Gasteiger partial charge in [0, 0.05) is 29.7 Å². The van der Waals surface area contributed by atoms with Crippen LogP contribution in [-0.2, 0) is 10.0 Å². The second kappa shape index (κ2) is 10.4. The largest absolute Gasteiger partial charge is 0.321 e. The second-order valence-corrected chi connectivity index (χ2v) is 11.3. The highest BCUT2D eigenvalue weighted by Crippen LogP contribution is 2.37. The molecule has 1 amide bonds.